The molecule has 0 heterocycles. The molecule has 0 bridgehead atoms. The zero-order valence-electron chi connectivity index (χ0n) is 11.3. The van der Waals surface area contributed by atoms with Crippen LogP contribution < -0.4 is 10.6 Å². The Bertz CT molecular complexity index is 397. The lowest BCUT2D eigenvalue weighted by Gasteiger charge is -2.20. The van der Waals surface area contributed by atoms with E-state index in [9.17, 15) is 4.79 Å². The van der Waals surface area contributed by atoms with Crippen LogP contribution in [-0.2, 0) is 11.4 Å². The first kappa shape index (κ1) is 14.7. The third-order valence-electron chi connectivity index (χ3n) is 2.40. The summed E-state index contributed by atoms with van der Waals surface area (Å²) >= 11 is 0. The molecule has 1 aromatic carbocycles. The maximum absolute atomic E-state index is 11.7. The van der Waals surface area contributed by atoms with Crippen LogP contribution >= 0.6 is 0 Å². The molecule has 3 N–H and O–H groups in total. The Morgan fingerprint density at radius 2 is 2.06 bits per heavy atom. The fourth-order valence-electron chi connectivity index (χ4n) is 1.52. The van der Waals surface area contributed by atoms with E-state index in [1.807, 2.05) is 18.2 Å². The Morgan fingerprint density at radius 3 is 2.67 bits per heavy atom. The summed E-state index contributed by atoms with van der Waals surface area (Å²) in [6.07, 6.45) is 0.431. The van der Waals surface area contributed by atoms with Crippen molar-refractivity contribution in [2.45, 2.75) is 39.3 Å². The molecule has 0 aromatic heterocycles. The van der Waals surface area contributed by atoms with Gasteiger partial charge in [-0.3, -0.25) is 4.79 Å². The monoisotopic (exact) mass is 250 g/mol. The number of carbonyl (C=O) groups excluding carboxylic acids is 1. The maximum Gasteiger partial charge on any atom is 0.225 e. The quantitative estimate of drug-likeness (QED) is 0.748. The lowest BCUT2D eigenvalue weighted by molar-refractivity contribution is -0.116. The van der Waals surface area contributed by atoms with Gasteiger partial charge in [0.2, 0.25) is 5.91 Å². The molecule has 0 aliphatic heterocycles. The number of aliphatic hydroxyl groups excluding tert-OH is 1. The Hall–Kier alpha value is -1.39. The number of rotatable bonds is 5. The van der Waals surface area contributed by atoms with Crippen molar-refractivity contribution in [1.82, 2.24) is 5.32 Å². The summed E-state index contributed by atoms with van der Waals surface area (Å²) in [7, 11) is 0. The SMILES string of the molecule is CC(C)(C)NCCC(=O)Nc1cccc(CO)c1. The Labute approximate surface area is 108 Å². The predicted molar refractivity (Wildman–Crippen MR) is 73.4 cm³/mol. The van der Waals surface area contributed by atoms with Crippen molar-refractivity contribution in [2.75, 3.05) is 11.9 Å². The smallest absolute Gasteiger partial charge is 0.225 e. The van der Waals surface area contributed by atoms with Crippen molar-refractivity contribution < 1.29 is 9.90 Å². The first-order valence-corrected chi connectivity index (χ1v) is 6.15. The molecule has 1 rings (SSSR count). The van der Waals surface area contributed by atoms with Gasteiger partial charge in [-0.05, 0) is 38.5 Å². The summed E-state index contributed by atoms with van der Waals surface area (Å²) in [4.78, 5) is 11.7. The molecule has 100 valence electrons. The Morgan fingerprint density at radius 1 is 1.33 bits per heavy atom. The minimum absolute atomic E-state index is 0.0186. The fraction of sp³-hybridized carbons (Fsp3) is 0.500. The molecule has 4 nitrogen and oxygen atoms in total. The van der Waals surface area contributed by atoms with Crippen molar-refractivity contribution in [1.29, 1.82) is 0 Å². The predicted octanol–water partition coefficient (Wildman–Crippen LogP) is 1.90. The number of hydrogen-bond donors (Lipinski definition) is 3. The normalized spacial score (nSPS) is 11.3. The molecule has 4 heteroatoms. The van der Waals surface area contributed by atoms with Crippen molar-refractivity contribution in [2.24, 2.45) is 0 Å². The van der Waals surface area contributed by atoms with Gasteiger partial charge in [-0.2, -0.15) is 0 Å². The van der Waals surface area contributed by atoms with Crippen LogP contribution in [0.25, 0.3) is 0 Å². The number of nitrogens with one attached hydrogen (secondary N) is 2. The molecule has 0 unspecified atom stereocenters. The van der Waals surface area contributed by atoms with Crippen LogP contribution in [0.2, 0.25) is 0 Å². The van der Waals surface area contributed by atoms with Gasteiger partial charge < -0.3 is 15.7 Å². The van der Waals surface area contributed by atoms with E-state index < -0.39 is 0 Å². The minimum Gasteiger partial charge on any atom is -0.392 e. The lowest BCUT2D eigenvalue weighted by atomic mass is 10.1. The number of anilines is 1. The first-order chi connectivity index (χ1) is 8.40. The number of amides is 1. The van der Waals surface area contributed by atoms with Gasteiger partial charge in [0.15, 0.2) is 0 Å². The highest BCUT2D eigenvalue weighted by molar-refractivity contribution is 5.90. The first-order valence-electron chi connectivity index (χ1n) is 6.15. The van der Waals surface area contributed by atoms with Crippen molar-refractivity contribution in [3.63, 3.8) is 0 Å². The van der Waals surface area contributed by atoms with Gasteiger partial charge in [-0.25, -0.2) is 0 Å². The van der Waals surface area contributed by atoms with Crippen molar-refractivity contribution >= 4 is 11.6 Å². The van der Waals surface area contributed by atoms with Crippen LogP contribution in [-0.4, -0.2) is 23.1 Å². The third-order valence-corrected chi connectivity index (χ3v) is 2.40. The van der Waals surface area contributed by atoms with Gasteiger partial charge >= 0.3 is 0 Å². The molecule has 0 aliphatic carbocycles. The van der Waals surface area contributed by atoms with E-state index in [1.54, 1.807) is 6.07 Å². The van der Waals surface area contributed by atoms with Crippen LogP contribution in [0.3, 0.4) is 0 Å². The fourth-order valence-corrected chi connectivity index (χ4v) is 1.52. The van der Waals surface area contributed by atoms with Gasteiger partial charge in [0, 0.05) is 24.2 Å². The van der Waals surface area contributed by atoms with E-state index in [-0.39, 0.29) is 18.1 Å². The van der Waals surface area contributed by atoms with Crippen molar-refractivity contribution in [3.05, 3.63) is 29.8 Å². The number of benzene rings is 1. The summed E-state index contributed by atoms with van der Waals surface area (Å²) in [5.74, 6) is -0.0261. The van der Waals surface area contributed by atoms with Gasteiger partial charge in [-0.15, -0.1) is 0 Å². The van der Waals surface area contributed by atoms with Crippen LogP contribution in [0.1, 0.15) is 32.8 Å². The molecule has 0 saturated carbocycles. The van der Waals surface area contributed by atoms with Gasteiger partial charge in [0.25, 0.3) is 0 Å². The number of aliphatic hydroxyl groups is 1. The maximum atomic E-state index is 11.7. The van der Waals surface area contributed by atoms with Crippen molar-refractivity contribution in [3.8, 4) is 0 Å². The average molecular weight is 250 g/mol. The van der Waals surface area contributed by atoms with Gasteiger partial charge in [0.1, 0.15) is 0 Å². The Balaban J connectivity index is 2.40. The molecule has 0 spiro atoms. The topological polar surface area (TPSA) is 61.4 Å². The third kappa shape index (κ3) is 5.80. The molecule has 0 radical (unpaired) electrons. The van der Waals surface area contributed by atoms with E-state index in [1.165, 1.54) is 0 Å². The molecular weight excluding hydrogens is 228 g/mol. The highest BCUT2D eigenvalue weighted by Gasteiger charge is 2.09. The van der Waals surface area contributed by atoms with Crippen LogP contribution in [0.4, 0.5) is 5.69 Å². The molecule has 0 fully saturated rings. The van der Waals surface area contributed by atoms with E-state index in [0.29, 0.717) is 13.0 Å². The van der Waals surface area contributed by atoms with Gasteiger partial charge in [-0.1, -0.05) is 12.1 Å². The van der Waals surface area contributed by atoms with Crippen LogP contribution in [0.15, 0.2) is 24.3 Å². The second kappa shape index (κ2) is 6.52. The second-order valence-corrected chi connectivity index (χ2v) is 5.33. The van der Waals surface area contributed by atoms with Crippen LogP contribution in [0.5, 0.6) is 0 Å². The summed E-state index contributed by atoms with van der Waals surface area (Å²) in [6.45, 7) is 6.82. The summed E-state index contributed by atoms with van der Waals surface area (Å²) in [5.41, 5.74) is 1.54. The zero-order chi connectivity index (χ0) is 13.6. The highest BCUT2D eigenvalue weighted by atomic mass is 16.3. The summed E-state index contributed by atoms with van der Waals surface area (Å²) < 4.78 is 0. The van der Waals surface area contributed by atoms with E-state index >= 15 is 0 Å². The van der Waals surface area contributed by atoms with E-state index in [0.717, 1.165) is 11.3 Å². The lowest BCUT2D eigenvalue weighted by Crippen LogP contribution is -2.37. The summed E-state index contributed by atoms with van der Waals surface area (Å²) in [6, 6.07) is 7.22. The highest BCUT2D eigenvalue weighted by Crippen LogP contribution is 2.10. The molecule has 1 aromatic rings. The minimum atomic E-state index is -0.0261. The molecule has 18 heavy (non-hydrogen) atoms. The molecule has 0 saturated heterocycles. The zero-order valence-corrected chi connectivity index (χ0v) is 11.3. The number of hydrogen-bond acceptors (Lipinski definition) is 3. The average Bonchev–Trinajstić information content (AvgIpc) is 2.27. The second-order valence-electron chi connectivity index (χ2n) is 5.33. The standard InChI is InChI=1S/C14H22N2O2/c1-14(2,3)15-8-7-13(18)16-12-6-4-5-11(9-12)10-17/h4-6,9,15,17H,7-8,10H2,1-3H3,(H,16,18). The molecule has 1 amide bonds. The molecule has 0 atom stereocenters. The molecule has 0 aliphatic rings. The largest absolute Gasteiger partial charge is 0.392 e. The Kier molecular flexibility index (Phi) is 5.31. The van der Waals surface area contributed by atoms with E-state index in [4.69, 9.17) is 5.11 Å². The van der Waals surface area contributed by atoms with E-state index in [2.05, 4.69) is 31.4 Å². The van der Waals surface area contributed by atoms with Gasteiger partial charge in [0.05, 0.1) is 6.61 Å². The number of carbonyl (C=O) groups is 1. The van der Waals surface area contributed by atoms with Crippen LogP contribution in [0, 0.1) is 0 Å². The molecular formula is C14H22N2O2. The summed E-state index contributed by atoms with van der Waals surface area (Å²) in [5, 5.41) is 15.1.